The van der Waals surface area contributed by atoms with Gasteiger partial charge in [0.2, 0.25) is 6.10 Å². The normalized spacial score (nSPS) is 29.9. The standard InChI is InChI=1S/C19H26N2O3/c1-14-18(24-17-7-3-2-6-16(17)23-14)19(22)21-11-8-15(13-21)12-20-9-4-5-10-20/h2-3,6-7,14-15,18H,4-5,8-13H2,1H3. The van der Waals surface area contributed by atoms with Gasteiger partial charge in [-0.05, 0) is 57.3 Å². The molecule has 5 nitrogen and oxygen atoms in total. The molecule has 0 spiro atoms. The average molecular weight is 330 g/mol. The maximum atomic E-state index is 12.9. The van der Waals surface area contributed by atoms with Gasteiger partial charge in [-0.25, -0.2) is 0 Å². The summed E-state index contributed by atoms with van der Waals surface area (Å²) in [6, 6.07) is 7.57. The van der Waals surface area contributed by atoms with Crippen LogP contribution in [0.3, 0.4) is 0 Å². The molecule has 0 aromatic heterocycles. The third-order valence-electron chi connectivity index (χ3n) is 5.40. The summed E-state index contributed by atoms with van der Waals surface area (Å²) in [5, 5.41) is 0. The Labute approximate surface area is 143 Å². The highest BCUT2D eigenvalue weighted by molar-refractivity contribution is 5.82. The number of fused-ring (bicyclic) bond motifs is 1. The summed E-state index contributed by atoms with van der Waals surface area (Å²) in [4.78, 5) is 17.4. The van der Waals surface area contributed by atoms with Crippen LogP contribution in [0.15, 0.2) is 24.3 Å². The SMILES string of the molecule is CC1Oc2ccccc2OC1C(=O)N1CCC(CN2CCCC2)C1. The van der Waals surface area contributed by atoms with E-state index in [2.05, 4.69) is 4.90 Å². The lowest BCUT2D eigenvalue weighted by atomic mass is 10.1. The number of benzene rings is 1. The number of amides is 1. The van der Waals surface area contributed by atoms with E-state index in [0.717, 1.165) is 31.8 Å². The van der Waals surface area contributed by atoms with Gasteiger partial charge in [0.05, 0.1) is 0 Å². The molecular weight excluding hydrogens is 304 g/mol. The highest BCUT2D eigenvalue weighted by atomic mass is 16.6. The minimum absolute atomic E-state index is 0.0703. The van der Waals surface area contributed by atoms with Crippen molar-refractivity contribution >= 4 is 5.91 Å². The van der Waals surface area contributed by atoms with Gasteiger partial charge in [-0.3, -0.25) is 4.79 Å². The van der Waals surface area contributed by atoms with Gasteiger partial charge >= 0.3 is 0 Å². The Bertz CT molecular complexity index is 600. The molecule has 0 N–H and O–H groups in total. The summed E-state index contributed by atoms with van der Waals surface area (Å²) >= 11 is 0. The summed E-state index contributed by atoms with van der Waals surface area (Å²) in [5.74, 6) is 2.06. The van der Waals surface area contributed by atoms with Crippen molar-refractivity contribution in [3.05, 3.63) is 24.3 Å². The van der Waals surface area contributed by atoms with Crippen LogP contribution in [0.1, 0.15) is 26.2 Å². The molecule has 2 fully saturated rings. The second-order valence-corrected chi connectivity index (χ2v) is 7.25. The number of rotatable bonds is 3. The first kappa shape index (κ1) is 15.8. The average Bonchev–Trinajstić information content (AvgIpc) is 3.26. The molecule has 5 heteroatoms. The van der Waals surface area contributed by atoms with E-state index in [1.54, 1.807) is 0 Å². The van der Waals surface area contributed by atoms with Crippen molar-refractivity contribution in [2.24, 2.45) is 5.92 Å². The van der Waals surface area contributed by atoms with Crippen LogP contribution in [-0.2, 0) is 4.79 Å². The van der Waals surface area contributed by atoms with Crippen molar-refractivity contribution in [3.63, 3.8) is 0 Å². The summed E-state index contributed by atoms with van der Waals surface area (Å²) in [6.45, 7) is 7.17. The minimum atomic E-state index is -0.537. The van der Waals surface area contributed by atoms with Crippen LogP contribution < -0.4 is 9.47 Å². The van der Waals surface area contributed by atoms with Crippen LogP contribution >= 0.6 is 0 Å². The smallest absolute Gasteiger partial charge is 0.267 e. The van der Waals surface area contributed by atoms with Gasteiger partial charge in [0.15, 0.2) is 11.5 Å². The number of hydrogen-bond donors (Lipinski definition) is 0. The highest BCUT2D eigenvalue weighted by Crippen LogP contribution is 2.34. The van der Waals surface area contributed by atoms with Gasteiger partial charge in [-0.15, -0.1) is 0 Å². The van der Waals surface area contributed by atoms with Gasteiger partial charge in [-0.2, -0.15) is 0 Å². The van der Waals surface area contributed by atoms with Crippen molar-refractivity contribution in [1.82, 2.24) is 9.80 Å². The van der Waals surface area contributed by atoms with Crippen molar-refractivity contribution in [1.29, 1.82) is 0 Å². The maximum Gasteiger partial charge on any atom is 0.267 e. The fraction of sp³-hybridized carbons (Fsp3) is 0.632. The van der Waals surface area contributed by atoms with Crippen molar-refractivity contribution < 1.29 is 14.3 Å². The van der Waals surface area contributed by atoms with E-state index in [9.17, 15) is 4.79 Å². The maximum absolute atomic E-state index is 12.9. The molecule has 3 aliphatic heterocycles. The number of carbonyl (C=O) groups is 1. The number of carbonyl (C=O) groups excluding carboxylic acids is 1. The third-order valence-corrected chi connectivity index (χ3v) is 5.40. The van der Waals surface area contributed by atoms with Gasteiger partial charge < -0.3 is 19.3 Å². The predicted molar refractivity (Wildman–Crippen MR) is 91.3 cm³/mol. The lowest BCUT2D eigenvalue weighted by molar-refractivity contribution is -0.143. The molecule has 3 unspecified atom stereocenters. The Morgan fingerprint density at radius 1 is 1.12 bits per heavy atom. The lowest BCUT2D eigenvalue weighted by Crippen LogP contribution is -2.50. The van der Waals surface area contributed by atoms with Gasteiger partial charge in [0.25, 0.3) is 5.91 Å². The quantitative estimate of drug-likeness (QED) is 0.852. The topological polar surface area (TPSA) is 42.0 Å². The van der Waals surface area contributed by atoms with E-state index in [4.69, 9.17) is 9.47 Å². The highest BCUT2D eigenvalue weighted by Gasteiger charge is 2.39. The first-order chi connectivity index (χ1) is 11.7. The molecule has 3 heterocycles. The van der Waals surface area contributed by atoms with E-state index in [-0.39, 0.29) is 12.0 Å². The molecule has 3 atom stereocenters. The Morgan fingerprint density at radius 2 is 1.83 bits per heavy atom. The van der Waals surface area contributed by atoms with Crippen molar-refractivity contribution in [2.45, 2.75) is 38.4 Å². The van der Waals surface area contributed by atoms with Crippen LogP contribution in [0.5, 0.6) is 11.5 Å². The van der Waals surface area contributed by atoms with Gasteiger partial charge in [0.1, 0.15) is 6.10 Å². The summed E-state index contributed by atoms with van der Waals surface area (Å²) < 4.78 is 11.8. The van der Waals surface area contributed by atoms with Crippen molar-refractivity contribution in [3.8, 4) is 11.5 Å². The first-order valence-corrected chi connectivity index (χ1v) is 9.14. The molecular formula is C19H26N2O3. The van der Waals surface area contributed by atoms with Crippen LogP contribution in [0, 0.1) is 5.92 Å². The van der Waals surface area contributed by atoms with Crippen LogP contribution in [0.25, 0.3) is 0 Å². The monoisotopic (exact) mass is 330 g/mol. The van der Waals surface area contributed by atoms with Gasteiger partial charge in [0, 0.05) is 19.6 Å². The van der Waals surface area contributed by atoms with Crippen LogP contribution in [0.2, 0.25) is 0 Å². The fourth-order valence-corrected chi connectivity index (χ4v) is 4.08. The first-order valence-electron chi connectivity index (χ1n) is 9.14. The second-order valence-electron chi connectivity index (χ2n) is 7.25. The predicted octanol–water partition coefficient (Wildman–Crippen LogP) is 2.16. The molecule has 4 rings (SSSR count). The molecule has 3 aliphatic rings. The summed E-state index contributed by atoms with van der Waals surface area (Å²) in [5.41, 5.74) is 0. The number of likely N-dealkylation sites (tertiary alicyclic amines) is 2. The van der Waals surface area contributed by atoms with E-state index >= 15 is 0 Å². The number of ether oxygens (including phenoxy) is 2. The number of nitrogens with zero attached hydrogens (tertiary/aromatic N) is 2. The zero-order valence-corrected chi connectivity index (χ0v) is 14.3. The Balaban J connectivity index is 1.37. The molecule has 0 bridgehead atoms. The van der Waals surface area contributed by atoms with Gasteiger partial charge in [-0.1, -0.05) is 12.1 Å². The zero-order chi connectivity index (χ0) is 16.5. The van der Waals surface area contributed by atoms with E-state index < -0.39 is 6.10 Å². The molecule has 1 aromatic carbocycles. The summed E-state index contributed by atoms with van der Waals surface area (Å²) in [7, 11) is 0. The fourth-order valence-electron chi connectivity index (χ4n) is 4.08. The van der Waals surface area contributed by atoms with Crippen molar-refractivity contribution in [2.75, 3.05) is 32.7 Å². The minimum Gasteiger partial charge on any atom is -0.482 e. The van der Waals surface area contributed by atoms with Crippen LogP contribution in [0.4, 0.5) is 0 Å². The molecule has 0 saturated carbocycles. The Hall–Kier alpha value is -1.75. The molecule has 0 aliphatic carbocycles. The molecule has 1 amide bonds. The Morgan fingerprint density at radius 3 is 2.58 bits per heavy atom. The largest absolute Gasteiger partial charge is 0.482 e. The van der Waals surface area contributed by atoms with E-state index in [1.165, 1.54) is 25.9 Å². The Kier molecular flexibility index (Phi) is 4.35. The number of hydrogen-bond acceptors (Lipinski definition) is 4. The summed E-state index contributed by atoms with van der Waals surface area (Å²) in [6.07, 6.45) is 2.94. The number of para-hydroxylation sites is 2. The zero-order valence-electron chi connectivity index (χ0n) is 14.3. The third kappa shape index (κ3) is 3.09. The molecule has 1 aromatic rings. The molecule has 130 valence electrons. The van der Waals surface area contributed by atoms with E-state index in [0.29, 0.717) is 11.7 Å². The van der Waals surface area contributed by atoms with Crippen LogP contribution in [-0.4, -0.2) is 60.6 Å². The van der Waals surface area contributed by atoms with E-state index in [1.807, 2.05) is 36.1 Å². The molecule has 2 saturated heterocycles. The second kappa shape index (κ2) is 6.63. The lowest BCUT2D eigenvalue weighted by Gasteiger charge is -2.33. The molecule has 24 heavy (non-hydrogen) atoms. The molecule has 0 radical (unpaired) electrons.